The highest BCUT2D eigenvalue weighted by atomic mass is 19.4. The molecule has 42 heteroatoms. The Kier molecular flexibility index (Phi) is 16.1. The van der Waals surface area contributed by atoms with Gasteiger partial charge in [-0.2, -0.15) is 167 Å². The van der Waals surface area contributed by atoms with Crippen LogP contribution in [0.4, 0.5) is 167 Å². The van der Waals surface area contributed by atoms with Crippen LogP contribution in [0.15, 0.2) is 0 Å². The van der Waals surface area contributed by atoms with Crippen LogP contribution in [0.3, 0.4) is 0 Å². The lowest BCUT2D eigenvalue weighted by atomic mass is 9.87. The van der Waals surface area contributed by atoms with Gasteiger partial charge >= 0.3 is 119 Å². The molecule has 0 saturated carbocycles. The van der Waals surface area contributed by atoms with Gasteiger partial charge in [0.05, 0.1) is 26.1 Å². The van der Waals surface area contributed by atoms with Crippen molar-refractivity contribution >= 4 is 11.9 Å². The number of rotatable bonds is 22. The molecular weight excluding hydrogens is 1090 g/mol. The largest absolute Gasteiger partial charge is 0.465 e. The fourth-order valence-corrected chi connectivity index (χ4v) is 3.91. The predicted octanol–water partition coefficient (Wildman–Crippen LogP) is 12.5. The molecule has 0 radical (unpaired) electrons. The highest BCUT2D eigenvalue weighted by molar-refractivity contribution is 5.91. The lowest BCUT2D eigenvalue weighted by Gasteiger charge is -2.43. The maximum atomic E-state index is 13.9. The van der Waals surface area contributed by atoms with Gasteiger partial charge in [0.2, 0.25) is 0 Å². The summed E-state index contributed by atoms with van der Waals surface area (Å²) in [5.41, 5.74) is 0. The molecule has 0 aromatic carbocycles. The molecule has 0 atom stereocenters. The Morgan fingerprint density at radius 3 is 0.552 bits per heavy atom. The summed E-state index contributed by atoms with van der Waals surface area (Å²) in [7, 11) is 0. The number of esters is 2. The number of ether oxygens (including phenoxy) is 2. The molecule has 0 N–H and O–H groups in total. The van der Waals surface area contributed by atoms with E-state index in [1.807, 2.05) is 0 Å². The summed E-state index contributed by atoms with van der Waals surface area (Å²) in [5, 5.41) is 0. The summed E-state index contributed by atoms with van der Waals surface area (Å²) in [6.45, 7) is -5.73. The lowest BCUT2D eigenvalue weighted by Crippen LogP contribution is -2.75. The fourth-order valence-electron chi connectivity index (χ4n) is 3.91. The molecule has 0 fully saturated rings. The number of carbonyl (C=O) groups is 2. The Bertz CT molecular complexity index is 1640. The van der Waals surface area contributed by atoms with E-state index in [9.17, 15) is 176 Å². The Morgan fingerprint density at radius 2 is 0.388 bits per heavy atom. The third kappa shape index (κ3) is 9.03. The lowest BCUT2D eigenvalue weighted by molar-refractivity contribution is -0.468. The summed E-state index contributed by atoms with van der Waals surface area (Å²) >= 11 is 0. The van der Waals surface area contributed by atoms with Crippen molar-refractivity contribution in [2.75, 3.05) is 13.2 Å². The minimum Gasteiger partial charge on any atom is -0.465 e. The maximum Gasteiger partial charge on any atom is 0.460 e. The first-order chi connectivity index (χ1) is 28.5. The molecule has 0 amide bonds. The smallest absolute Gasteiger partial charge is 0.460 e. The summed E-state index contributed by atoms with van der Waals surface area (Å²) in [5.74, 6) is -146. The molecule has 0 saturated heterocycles. The molecule has 0 aliphatic carbocycles. The fraction of sp³-hybridized carbons (Fsp3) is 0.920. The molecule has 0 rings (SSSR count). The Balaban J connectivity index is 6.14. The molecule has 0 heterocycles. The minimum absolute atomic E-state index is 2.57. The zero-order valence-corrected chi connectivity index (χ0v) is 29.5. The average molecular weight is 1100 g/mol. The van der Waals surface area contributed by atoms with Crippen molar-refractivity contribution in [3.63, 3.8) is 0 Å². The Hall–Kier alpha value is -3.72. The van der Waals surface area contributed by atoms with Crippen LogP contribution in [0, 0.1) is 0 Å². The minimum atomic E-state index is -9.34. The van der Waals surface area contributed by atoms with Crippen LogP contribution in [0.25, 0.3) is 0 Å². The normalized spacial score (nSPS) is 16.3. The Labute approximate surface area is 338 Å². The first kappa shape index (κ1) is 63.3. The highest BCUT2D eigenvalue weighted by Gasteiger charge is 2.98. The quantitative estimate of drug-likeness (QED) is 0.0616. The van der Waals surface area contributed by atoms with Crippen molar-refractivity contribution in [1.29, 1.82) is 0 Å². The molecule has 4 nitrogen and oxygen atoms in total. The van der Waals surface area contributed by atoms with Gasteiger partial charge in [-0.1, -0.05) is 0 Å². The van der Waals surface area contributed by atoms with Crippen LogP contribution in [0.1, 0.15) is 19.3 Å². The van der Waals surface area contributed by atoms with Crippen molar-refractivity contribution in [3.8, 4) is 0 Å². The molecule has 0 aliphatic heterocycles. The van der Waals surface area contributed by atoms with Gasteiger partial charge in [0, 0.05) is 0 Å². The van der Waals surface area contributed by atoms with E-state index in [0.29, 0.717) is 0 Å². The SMILES string of the molecule is O=C(CC(=O)OCCC(F)(F)C(F)(F)C(F)(F)C(F)(F)C(F)(F)C(F)(F)C(F)(F)C(F)(F)C(F)(F)F)OCCC(F)(F)C(F)(F)C(F)(F)C(F)(F)C(F)(F)C(F)(F)C(F)(F)C(F)(F)C(F)(F)F. The molecule has 0 aromatic heterocycles. The van der Waals surface area contributed by atoms with Crippen LogP contribution in [0.5, 0.6) is 0 Å². The molecule has 400 valence electrons. The van der Waals surface area contributed by atoms with Crippen molar-refractivity contribution in [1.82, 2.24) is 0 Å². The van der Waals surface area contributed by atoms with Crippen LogP contribution in [-0.2, 0) is 19.1 Å². The van der Waals surface area contributed by atoms with Crippen LogP contribution in [-0.4, -0.2) is 132 Å². The molecule has 0 aromatic rings. The van der Waals surface area contributed by atoms with Gasteiger partial charge in [-0.15, -0.1) is 0 Å². The molecular formula is C25H10F38O4. The van der Waals surface area contributed by atoms with Crippen molar-refractivity contribution in [2.24, 2.45) is 0 Å². The van der Waals surface area contributed by atoms with E-state index in [0.717, 1.165) is 0 Å². The monoisotopic (exact) mass is 1100 g/mol. The van der Waals surface area contributed by atoms with Gasteiger partial charge in [-0.3, -0.25) is 9.59 Å². The van der Waals surface area contributed by atoms with Gasteiger partial charge < -0.3 is 9.47 Å². The first-order valence-corrected chi connectivity index (χ1v) is 15.0. The molecule has 67 heavy (non-hydrogen) atoms. The number of alkyl halides is 38. The van der Waals surface area contributed by atoms with Crippen molar-refractivity contribution in [2.45, 2.75) is 126 Å². The third-order valence-corrected chi connectivity index (χ3v) is 8.01. The topological polar surface area (TPSA) is 52.6 Å². The van der Waals surface area contributed by atoms with E-state index >= 15 is 0 Å². The first-order valence-electron chi connectivity index (χ1n) is 15.0. The van der Waals surface area contributed by atoms with Gasteiger partial charge in [-0.05, 0) is 0 Å². The van der Waals surface area contributed by atoms with Crippen LogP contribution < -0.4 is 0 Å². The van der Waals surface area contributed by atoms with E-state index in [1.54, 1.807) is 0 Å². The average Bonchev–Trinajstić information content (AvgIpc) is 3.09. The van der Waals surface area contributed by atoms with Crippen molar-refractivity contribution < 1.29 is 186 Å². The summed E-state index contributed by atoms with van der Waals surface area (Å²) in [6, 6.07) is 0. The standard InChI is InChI=1S/C25H10F38O4/c26-8(27,10(30,31)12(34,35)14(38,39)16(42,43)18(46,47)20(50,51)22(54,55)24(58,59)60)1-3-66-6(64)5-7(65)67-4-2-9(28,29)11(32,33)13(36,37)15(40,41)17(44,45)19(48,49)21(52,53)23(56,57)25(61,62)63/h1-5H2. The zero-order valence-electron chi connectivity index (χ0n) is 29.5. The number of carbonyl (C=O) groups excluding carboxylic acids is 2. The maximum absolute atomic E-state index is 13.9. The zero-order chi connectivity index (χ0) is 55.1. The second-order valence-corrected chi connectivity index (χ2v) is 12.6. The van der Waals surface area contributed by atoms with Gasteiger partial charge in [-0.25, -0.2) is 0 Å². The second kappa shape index (κ2) is 17.0. The number of hydrogen-bond donors (Lipinski definition) is 0. The predicted molar refractivity (Wildman–Crippen MR) is 127 cm³/mol. The third-order valence-electron chi connectivity index (χ3n) is 8.01. The summed E-state index contributed by atoms with van der Waals surface area (Å²) < 4.78 is 514. The van der Waals surface area contributed by atoms with Crippen LogP contribution in [0.2, 0.25) is 0 Å². The van der Waals surface area contributed by atoms with E-state index in [1.165, 1.54) is 0 Å². The second-order valence-electron chi connectivity index (χ2n) is 12.6. The molecule has 0 spiro atoms. The van der Waals surface area contributed by atoms with Gasteiger partial charge in [0.1, 0.15) is 6.42 Å². The van der Waals surface area contributed by atoms with Gasteiger partial charge in [0.15, 0.2) is 0 Å². The number of hydrogen-bond acceptors (Lipinski definition) is 4. The number of halogens is 38. The van der Waals surface area contributed by atoms with Crippen LogP contribution >= 0.6 is 0 Å². The van der Waals surface area contributed by atoms with Gasteiger partial charge in [0.25, 0.3) is 0 Å². The molecule has 0 aliphatic rings. The Morgan fingerprint density at radius 1 is 0.239 bits per heavy atom. The summed E-state index contributed by atoms with van der Waals surface area (Å²) in [6.07, 6.45) is -26.1. The van der Waals surface area contributed by atoms with E-state index in [-0.39, 0.29) is 0 Å². The van der Waals surface area contributed by atoms with E-state index in [2.05, 4.69) is 9.47 Å². The molecule has 0 unspecified atom stereocenters. The van der Waals surface area contributed by atoms with Crippen molar-refractivity contribution in [3.05, 3.63) is 0 Å². The summed E-state index contributed by atoms with van der Waals surface area (Å²) in [4.78, 5) is 22.8. The van der Waals surface area contributed by atoms with E-state index < -0.39 is 152 Å². The molecule has 0 bridgehead atoms. The van der Waals surface area contributed by atoms with E-state index in [4.69, 9.17) is 0 Å². The highest BCUT2D eigenvalue weighted by Crippen LogP contribution is 2.67.